The van der Waals surface area contributed by atoms with Crippen LogP contribution in [-0.4, -0.2) is 24.1 Å². The lowest BCUT2D eigenvalue weighted by Gasteiger charge is -2.24. The van der Waals surface area contributed by atoms with E-state index in [4.69, 9.17) is 4.74 Å². The van der Waals surface area contributed by atoms with E-state index < -0.39 is 11.9 Å². The Morgan fingerprint density at radius 1 is 1.16 bits per heavy atom. The van der Waals surface area contributed by atoms with Gasteiger partial charge in [0.25, 0.3) is 0 Å². The number of carbonyl (C=O) groups excluding carboxylic acids is 3. The van der Waals surface area contributed by atoms with Crippen LogP contribution in [0.5, 0.6) is 0 Å². The second kappa shape index (κ2) is 10.2. The normalized spacial score (nSPS) is 21.0. The Hall–Kier alpha value is -2.49. The van der Waals surface area contributed by atoms with Gasteiger partial charge in [0, 0.05) is 11.5 Å². The molecule has 1 aliphatic carbocycles. The lowest BCUT2D eigenvalue weighted by Crippen LogP contribution is -2.27. The van der Waals surface area contributed by atoms with Crippen LogP contribution >= 0.6 is 0 Å². The number of benzene rings is 1. The Kier molecular flexibility index (Phi) is 8.16. The molecule has 0 aliphatic heterocycles. The Bertz CT molecular complexity index is 860. The quantitative estimate of drug-likeness (QED) is 0.378. The molecular formula is C27H36O4. The Morgan fingerprint density at radius 3 is 2.32 bits per heavy atom. The second-order valence-electron chi connectivity index (χ2n) is 10.0. The molecule has 3 atom stereocenters. The van der Waals surface area contributed by atoms with E-state index in [1.54, 1.807) is 13.0 Å². The molecule has 1 aromatic carbocycles. The molecule has 1 saturated carbocycles. The summed E-state index contributed by atoms with van der Waals surface area (Å²) in [5.41, 5.74) is 1.94. The number of allylic oxidation sites excluding steroid dienone is 2. The monoisotopic (exact) mass is 424 g/mol. The van der Waals surface area contributed by atoms with Crippen LogP contribution in [0.25, 0.3) is 0 Å². The van der Waals surface area contributed by atoms with Crippen molar-refractivity contribution in [2.75, 3.05) is 6.61 Å². The number of carbonyl (C=O) groups is 3. The predicted molar refractivity (Wildman–Crippen MR) is 124 cm³/mol. The van der Waals surface area contributed by atoms with Gasteiger partial charge in [0.15, 0.2) is 5.78 Å². The zero-order chi connectivity index (χ0) is 23.3. The van der Waals surface area contributed by atoms with E-state index in [0.717, 1.165) is 17.6 Å². The molecule has 0 spiro atoms. The first-order chi connectivity index (χ1) is 14.4. The molecule has 4 nitrogen and oxygen atoms in total. The molecule has 4 heteroatoms. The Balaban J connectivity index is 2.39. The third-order valence-corrected chi connectivity index (χ3v) is 6.02. The molecule has 1 fully saturated rings. The molecule has 0 N–H and O–H groups in total. The van der Waals surface area contributed by atoms with E-state index in [1.165, 1.54) is 0 Å². The zero-order valence-corrected chi connectivity index (χ0v) is 19.7. The van der Waals surface area contributed by atoms with Gasteiger partial charge >= 0.3 is 5.97 Å². The molecule has 2 unspecified atom stereocenters. The van der Waals surface area contributed by atoms with Gasteiger partial charge in [0.1, 0.15) is 5.78 Å². The summed E-state index contributed by atoms with van der Waals surface area (Å²) in [5.74, 6) is -1.71. The van der Waals surface area contributed by atoms with E-state index in [0.29, 0.717) is 6.42 Å². The summed E-state index contributed by atoms with van der Waals surface area (Å²) in [5, 5.41) is 0. The van der Waals surface area contributed by atoms with Gasteiger partial charge in [-0.3, -0.25) is 9.59 Å². The van der Waals surface area contributed by atoms with E-state index in [2.05, 4.69) is 20.4 Å². The summed E-state index contributed by atoms with van der Waals surface area (Å²) >= 11 is 0. The van der Waals surface area contributed by atoms with Crippen molar-refractivity contribution in [1.29, 1.82) is 0 Å². The van der Waals surface area contributed by atoms with Crippen LogP contribution in [0.15, 0.2) is 54.1 Å². The minimum atomic E-state index is -0.745. The molecule has 2 rings (SSSR count). The predicted octanol–water partition coefficient (Wildman–Crippen LogP) is 5.68. The maximum Gasteiger partial charge on any atom is 0.334 e. The number of ether oxygens (including phenoxy) is 1. The minimum absolute atomic E-state index is 0.0316. The molecule has 0 heterocycles. The topological polar surface area (TPSA) is 60.4 Å². The molecule has 0 radical (unpaired) electrons. The summed E-state index contributed by atoms with van der Waals surface area (Å²) in [4.78, 5) is 38.4. The maximum atomic E-state index is 13.5. The van der Waals surface area contributed by atoms with Crippen LogP contribution < -0.4 is 0 Å². The summed E-state index contributed by atoms with van der Waals surface area (Å²) in [6.45, 7) is 15.9. The van der Waals surface area contributed by atoms with Gasteiger partial charge < -0.3 is 4.74 Å². The van der Waals surface area contributed by atoms with Crippen molar-refractivity contribution in [3.8, 4) is 0 Å². The number of hydrogen-bond acceptors (Lipinski definition) is 4. The van der Waals surface area contributed by atoms with E-state index in [9.17, 15) is 14.4 Å². The van der Waals surface area contributed by atoms with Crippen molar-refractivity contribution in [3.05, 3.63) is 59.7 Å². The first-order valence-corrected chi connectivity index (χ1v) is 11.1. The van der Waals surface area contributed by atoms with Crippen LogP contribution in [-0.2, 0) is 19.1 Å². The number of hydrogen-bond donors (Lipinski definition) is 0. The van der Waals surface area contributed by atoms with Gasteiger partial charge in [-0.15, -0.1) is 0 Å². The molecule has 1 aliphatic rings. The van der Waals surface area contributed by atoms with Crippen molar-refractivity contribution in [2.24, 2.45) is 23.2 Å². The fourth-order valence-corrected chi connectivity index (χ4v) is 4.39. The van der Waals surface area contributed by atoms with Crippen molar-refractivity contribution >= 4 is 17.5 Å². The van der Waals surface area contributed by atoms with Gasteiger partial charge in [-0.1, -0.05) is 77.1 Å². The number of Topliss-reactive ketones (excluding diaryl/α,β-unsaturated/α-hetero) is 1. The molecule has 0 amide bonds. The zero-order valence-electron chi connectivity index (χ0n) is 19.7. The smallest absolute Gasteiger partial charge is 0.334 e. The molecule has 0 saturated heterocycles. The molecule has 0 bridgehead atoms. The highest BCUT2D eigenvalue weighted by molar-refractivity contribution is 6.03. The molecule has 168 valence electrons. The van der Waals surface area contributed by atoms with E-state index in [1.807, 2.05) is 51.1 Å². The highest BCUT2D eigenvalue weighted by atomic mass is 16.5. The fraction of sp³-hybridized carbons (Fsp3) is 0.519. The lowest BCUT2D eigenvalue weighted by atomic mass is 9.79. The molecule has 1 aromatic rings. The number of ketones is 2. The van der Waals surface area contributed by atoms with Crippen LogP contribution in [0.4, 0.5) is 0 Å². The van der Waals surface area contributed by atoms with Crippen LogP contribution in [0.2, 0.25) is 0 Å². The van der Waals surface area contributed by atoms with Crippen molar-refractivity contribution in [3.63, 3.8) is 0 Å². The standard InChI is InChI=1S/C27H36O4/c1-17(2)16-31-26(30)19(4)25(18(3)21-11-9-8-10-12-21)24(29)13-22-14-27(6,7)15-23(22)20(5)28/h8-13,17-18,23,25H,4,14-16H2,1-3,5-7H3/b22-13+/t18?,23-,25?/m0/s1. The Labute approximate surface area is 186 Å². The van der Waals surface area contributed by atoms with E-state index >= 15 is 0 Å². The number of rotatable bonds is 9. The van der Waals surface area contributed by atoms with E-state index in [-0.39, 0.29) is 46.9 Å². The second-order valence-corrected chi connectivity index (χ2v) is 10.0. The third-order valence-electron chi connectivity index (χ3n) is 6.02. The van der Waals surface area contributed by atoms with Gasteiger partial charge in [-0.2, -0.15) is 0 Å². The summed E-state index contributed by atoms with van der Waals surface area (Å²) < 4.78 is 5.38. The number of esters is 1. The highest BCUT2D eigenvalue weighted by Crippen LogP contribution is 2.45. The summed E-state index contributed by atoms with van der Waals surface area (Å²) in [6.07, 6.45) is 3.03. The van der Waals surface area contributed by atoms with Crippen molar-refractivity contribution in [1.82, 2.24) is 0 Å². The van der Waals surface area contributed by atoms with Gasteiger partial charge in [-0.05, 0) is 48.7 Å². The maximum absolute atomic E-state index is 13.5. The largest absolute Gasteiger partial charge is 0.462 e. The van der Waals surface area contributed by atoms with Gasteiger partial charge in [0.2, 0.25) is 0 Å². The molecule has 0 aromatic heterocycles. The first kappa shape index (κ1) is 24.8. The summed E-state index contributed by atoms with van der Waals surface area (Å²) in [6, 6.07) is 9.64. The Morgan fingerprint density at radius 2 is 1.77 bits per heavy atom. The van der Waals surface area contributed by atoms with Gasteiger partial charge in [0.05, 0.1) is 12.5 Å². The van der Waals surface area contributed by atoms with Crippen LogP contribution in [0.3, 0.4) is 0 Å². The SMILES string of the molecule is C=C(C(=O)OCC(C)C)C(C(=O)/C=C1\CC(C)(C)C[C@H]1C(C)=O)C(C)c1ccccc1. The minimum Gasteiger partial charge on any atom is -0.462 e. The highest BCUT2D eigenvalue weighted by Gasteiger charge is 2.39. The fourth-order valence-electron chi connectivity index (χ4n) is 4.39. The van der Waals surface area contributed by atoms with Crippen molar-refractivity contribution < 1.29 is 19.1 Å². The first-order valence-electron chi connectivity index (χ1n) is 11.1. The molecule has 31 heavy (non-hydrogen) atoms. The average molecular weight is 425 g/mol. The van der Waals surface area contributed by atoms with Crippen molar-refractivity contribution in [2.45, 2.75) is 60.3 Å². The van der Waals surface area contributed by atoms with Gasteiger partial charge in [-0.25, -0.2) is 4.79 Å². The summed E-state index contributed by atoms with van der Waals surface area (Å²) in [7, 11) is 0. The lowest BCUT2D eigenvalue weighted by molar-refractivity contribution is -0.141. The molecular weight excluding hydrogens is 388 g/mol. The average Bonchev–Trinajstić information content (AvgIpc) is 3.00. The van der Waals surface area contributed by atoms with Crippen LogP contribution in [0, 0.1) is 23.2 Å². The third kappa shape index (κ3) is 6.49. The van der Waals surface area contributed by atoms with Crippen LogP contribution in [0.1, 0.15) is 65.9 Å².